The molecule has 172 valence electrons. The molecule has 2 aliphatic rings. The Kier molecular flexibility index (Phi) is 8.94. The molecule has 0 amide bonds. The summed E-state index contributed by atoms with van der Waals surface area (Å²) in [6.07, 6.45) is -2.73. The van der Waals surface area contributed by atoms with Gasteiger partial charge in [0.2, 0.25) is 0 Å². The zero-order valence-electron chi connectivity index (χ0n) is 17.0. The molecule has 2 aromatic rings. The van der Waals surface area contributed by atoms with Crippen molar-refractivity contribution < 1.29 is 17.9 Å². The molecular formula is C22H26Cl3F3N2O. The van der Waals surface area contributed by atoms with E-state index in [1.54, 1.807) is 19.2 Å². The van der Waals surface area contributed by atoms with Crippen molar-refractivity contribution in [2.45, 2.75) is 50.0 Å². The first-order valence-electron chi connectivity index (χ1n) is 9.85. The Labute approximate surface area is 197 Å². The molecule has 0 saturated carbocycles. The van der Waals surface area contributed by atoms with Crippen molar-refractivity contribution >= 4 is 36.4 Å². The quantitative estimate of drug-likeness (QED) is 0.533. The highest BCUT2D eigenvalue weighted by molar-refractivity contribution is 6.30. The van der Waals surface area contributed by atoms with Crippen LogP contribution in [0.1, 0.15) is 47.1 Å². The van der Waals surface area contributed by atoms with E-state index in [9.17, 15) is 13.2 Å². The first kappa shape index (κ1) is 26.1. The molecule has 1 unspecified atom stereocenters. The average molecular weight is 498 g/mol. The zero-order chi connectivity index (χ0) is 20.6. The number of nitrogens with one attached hydrogen (secondary N) is 2. The monoisotopic (exact) mass is 496 g/mol. The van der Waals surface area contributed by atoms with Crippen molar-refractivity contribution in [3.63, 3.8) is 0 Å². The summed E-state index contributed by atoms with van der Waals surface area (Å²) in [4.78, 5) is 0. The van der Waals surface area contributed by atoms with Gasteiger partial charge >= 0.3 is 6.18 Å². The Morgan fingerprint density at radius 3 is 2.61 bits per heavy atom. The van der Waals surface area contributed by atoms with E-state index < -0.39 is 12.1 Å². The maximum atomic E-state index is 13.4. The maximum absolute atomic E-state index is 13.4. The third-order valence-electron chi connectivity index (χ3n) is 6.00. The Morgan fingerprint density at radius 2 is 1.94 bits per heavy atom. The number of benzene rings is 2. The topological polar surface area (TPSA) is 33.3 Å². The fourth-order valence-corrected chi connectivity index (χ4v) is 4.76. The third kappa shape index (κ3) is 5.60. The van der Waals surface area contributed by atoms with E-state index in [1.807, 2.05) is 24.3 Å². The van der Waals surface area contributed by atoms with Crippen molar-refractivity contribution in [1.82, 2.24) is 10.6 Å². The van der Waals surface area contributed by atoms with E-state index in [1.165, 1.54) is 0 Å². The second-order valence-corrected chi connectivity index (χ2v) is 8.20. The van der Waals surface area contributed by atoms with Crippen LogP contribution in [0.3, 0.4) is 0 Å². The zero-order valence-corrected chi connectivity index (χ0v) is 19.4. The van der Waals surface area contributed by atoms with Gasteiger partial charge in [-0.1, -0.05) is 23.7 Å². The summed E-state index contributed by atoms with van der Waals surface area (Å²) in [5.74, 6) is -0.737. The molecular weight excluding hydrogens is 472 g/mol. The Morgan fingerprint density at radius 1 is 1.16 bits per heavy atom. The second-order valence-electron chi connectivity index (χ2n) is 7.76. The van der Waals surface area contributed by atoms with Gasteiger partial charge in [0.1, 0.15) is 5.75 Å². The van der Waals surface area contributed by atoms with E-state index in [0.717, 1.165) is 29.7 Å². The summed E-state index contributed by atoms with van der Waals surface area (Å²) in [5.41, 5.74) is 3.00. The molecule has 1 fully saturated rings. The van der Waals surface area contributed by atoms with Crippen molar-refractivity contribution in [3.05, 3.63) is 63.7 Å². The first-order chi connectivity index (χ1) is 13.9. The van der Waals surface area contributed by atoms with E-state index in [4.69, 9.17) is 16.3 Å². The summed E-state index contributed by atoms with van der Waals surface area (Å²) in [5, 5.41) is 7.69. The van der Waals surface area contributed by atoms with Crippen molar-refractivity contribution in [1.29, 1.82) is 0 Å². The molecule has 3 atom stereocenters. The van der Waals surface area contributed by atoms with Crippen LogP contribution in [-0.4, -0.2) is 25.9 Å². The molecule has 3 nitrogen and oxygen atoms in total. The fraction of sp³-hybridized carbons (Fsp3) is 0.455. The van der Waals surface area contributed by atoms with E-state index >= 15 is 0 Å². The third-order valence-corrected chi connectivity index (χ3v) is 6.23. The lowest BCUT2D eigenvalue weighted by atomic mass is 9.97. The molecule has 0 radical (unpaired) electrons. The van der Waals surface area contributed by atoms with E-state index in [2.05, 4.69) is 10.6 Å². The number of aryl methyl sites for hydroxylation is 1. The highest BCUT2D eigenvalue weighted by atomic mass is 35.5. The van der Waals surface area contributed by atoms with Crippen molar-refractivity contribution in [2.24, 2.45) is 0 Å². The molecule has 0 spiro atoms. The lowest BCUT2D eigenvalue weighted by Crippen LogP contribution is -2.34. The Hall–Kier alpha value is -1.18. The number of hydrogen-bond donors (Lipinski definition) is 2. The summed E-state index contributed by atoms with van der Waals surface area (Å²) < 4.78 is 45.7. The fourth-order valence-electron chi connectivity index (χ4n) is 4.56. The predicted molar refractivity (Wildman–Crippen MR) is 122 cm³/mol. The van der Waals surface area contributed by atoms with Gasteiger partial charge in [0, 0.05) is 29.2 Å². The highest BCUT2D eigenvalue weighted by Gasteiger charge is 2.44. The Balaban J connectivity index is 0.00000171. The van der Waals surface area contributed by atoms with Gasteiger partial charge in [-0.2, -0.15) is 13.2 Å². The highest BCUT2D eigenvalue weighted by Crippen LogP contribution is 2.46. The second kappa shape index (κ2) is 10.6. The van der Waals surface area contributed by atoms with Crippen LogP contribution in [0.4, 0.5) is 13.2 Å². The van der Waals surface area contributed by atoms with Crippen LogP contribution in [-0.2, 0) is 13.0 Å². The average Bonchev–Trinajstić information content (AvgIpc) is 3.31. The van der Waals surface area contributed by atoms with Crippen LogP contribution in [0.15, 0.2) is 36.4 Å². The molecule has 1 heterocycles. The maximum Gasteiger partial charge on any atom is 0.395 e. The van der Waals surface area contributed by atoms with Gasteiger partial charge < -0.3 is 15.4 Å². The van der Waals surface area contributed by atoms with Crippen molar-refractivity contribution in [2.75, 3.05) is 13.7 Å². The minimum absolute atomic E-state index is 0. The van der Waals surface area contributed by atoms with Crippen LogP contribution >= 0.6 is 36.4 Å². The normalized spacial score (nSPS) is 22.4. The van der Waals surface area contributed by atoms with Gasteiger partial charge in [-0.25, -0.2) is 0 Å². The molecule has 0 bridgehead atoms. The van der Waals surface area contributed by atoms with Crippen LogP contribution in [0.25, 0.3) is 0 Å². The summed E-state index contributed by atoms with van der Waals surface area (Å²) in [6, 6.07) is 11.5. The largest absolute Gasteiger partial charge is 0.496 e. The molecule has 1 saturated heterocycles. The number of hydrogen-bond acceptors (Lipinski definition) is 3. The molecule has 31 heavy (non-hydrogen) atoms. The lowest BCUT2D eigenvalue weighted by Gasteiger charge is -2.23. The molecule has 2 N–H and O–H groups in total. The molecule has 1 aliphatic heterocycles. The van der Waals surface area contributed by atoms with Crippen LogP contribution in [0.5, 0.6) is 5.75 Å². The van der Waals surface area contributed by atoms with Crippen molar-refractivity contribution in [3.8, 4) is 5.75 Å². The number of fused-ring (bicyclic) bond motifs is 1. The van der Waals surface area contributed by atoms with Crippen LogP contribution < -0.4 is 15.4 Å². The Bertz CT molecular complexity index is 895. The molecule has 9 heteroatoms. The standard InChI is InChI=1S/C22H24ClF3N2O.2ClH/c1-29-20-11-13-5-6-18(22(24,25)26)17(13)10-15(20)12-28-19-7-8-27-21(19)14-3-2-4-16(23)9-14;;/h2-4,9-11,18-19,21,27-28H,5-8,12H2,1H3;2*1H/t18?,19-,21-;;/m0../s1. The van der Waals surface area contributed by atoms with Crippen LogP contribution in [0, 0.1) is 0 Å². The molecule has 0 aromatic heterocycles. The number of alkyl halides is 3. The van der Waals surface area contributed by atoms with Crippen LogP contribution in [0.2, 0.25) is 5.02 Å². The molecule has 1 aliphatic carbocycles. The number of halogens is 6. The van der Waals surface area contributed by atoms with Gasteiger partial charge in [-0.3, -0.25) is 0 Å². The molecule has 4 rings (SSSR count). The summed E-state index contributed by atoms with van der Waals surface area (Å²) in [7, 11) is 1.56. The number of rotatable bonds is 5. The van der Waals surface area contributed by atoms with Gasteiger partial charge in [0.05, 0.1) is 13.0 Å². The van der Waals surface area contributed by atoms with Gasteiger partial charge in [-0.15, -0.1) is 24.8 Å². The predicted octanol–water partition coefficient (Wildman–Crippen LogP) is 5.98. The van der Waals surface area contributed by atoms with E-state index in [-0.39, 0.29) is 43.3 Å². The minimum atomic E-state index is -4.21. The number of methoxy groups -OCH3 is 1. The minimum Gasteiger partial charge on any atom is -0.496 e. The number of ether oxygens (including phenoxy) is 1. The van der Waals surface area contributed by atoms with Gasteiger partial charge in [0.15, 0.2) is 0 Å². The SMILES string of the molecule is COc1cc2c(cc1CN[C@H]1CCN[C@H]1c1cccc(Cl)c1)C(C(F)(F)F)CC2.Cl.Cl. The van der Waals surface area contributed by atoms with Gasteiger partial charge in [-0.05, 0) is 66.8 Å². The van der Waals surface area contributed by atoms with Gasteiger partial charge in [0.25, 0.3) is 0 Å². The summed E-state index contributed by atoms with van der Waals surface area (Å²) in [6.45, 7) is 1.32. The molecule has 2 aromatic carbocycles. The smallest absolute Gasteiger partial charge is 0.395 e. The van der Waals surface area contributed by atoms with E-state index in [0.29, 0.717) is 29.3 Å². The first-order valence-corrected chi connectivity index (χ1v) is 10.2. The lowest BCUT2D eigenvalue weighted by molar-refractivity contribution is -0.149. The summed E-state index contributed by atoms with van der Waals surface area (Å²) >= 11 is 6.13.